The lowest BCUT2D eigenvalue weighted by molar-refractivity contribution is 0.0893. The Labute approximate surface area is 185 Å². The van der Waals surface area contributed by atoms with E-state index in [0.717, 1.165) is 63.0 Å². The van der Waals surface area contributed by atoms with E-state index < -0.39 is 0 Å². The van der Waals surface area contributed by atoms with Gasteiger partial charge >= 0.3 is 0 Å². The zero-order chi connectivity index (χ0) is 21.4. The zero-order valence-corrected chi connectivity index (χ0v) is 19.0. The molecule has 0 aromatic carbocycles. The van der Waals surface area contributed by atoms with E-state index in [-0.39, 0.29) is 12.0 Å². The number of nitrogens with zero attached hydrogens (tertiary/aromatic N) is 6. The predicted octanol–water partition coefficient (Wildman–Crippen LogP) is 2.42. The topological polar surface area (TPSA) is 57.6 Å². The van der Waals surface area contributed by atoms with Crippen LogP contribution in [0.5, 0.6) is 0 Å². The van der Waals surface area contributed by atoms with Gasteiger partial charge in [0, 0.05) is 64.6 Å². The van der Waals surface area contributed by atoms with Crippen LogP contribution < -0.4 is 4.90 Å². The summed E-state index contributed by atoms with van der Waals surface area (Å²) < 4.78 is 5.98. The summed E-state index contributed by atoms with van der Waals surface area (Å²) in [6.45, 7) is 8.07. The molecule has 0 saturated carbocycles. The fourth-order valence-electron chi connectivity index (χ4n) is 5.48. The molecule has 2 aromatic rings. The smallest absolute Gasteiger partial charge is 0.132 e. The first-order chi connectivity index (χ1) is 15.1. The van der Waals surface area contributed by atoms with E-state index in [1.807, 2.05) is 20.2 Å². The number of rotatable bonds is 4. The van der Waals surface area contributed by atoms with Gasteiger partial charge in [-0.3, -0.25) is 9.88 Å². The van der Waals surface area contributed by atoms with Gasteiger partial charge in [-0.25, -0.2) is 9.97 Å². The summed E-state index contributed by atoms with van der Waals surface area (Å²) in [4.78, 5) is 21.8. The minimum atomic E-state index is 0.142. The van der Waals surface area contributed by atoms with Crippen molar-refractivity contribution in [2.24, 2.45) is 0 Å². The lowest BCUT2D eigenvalue weighted by Gasteiger charge is -2.33. The number of aryl methyl sites for hydroxylation is 2. The molecule has 3 aliphatic rings. The molecule has 7 nitrogen and oxygen atoms in total. The van der Waals surface area contributed by atoms with Crippen LogP contribution in [0.4, 0.5) is 5.82 Å². The Kier molecular flexibility index (Phi) is 5.91. The monoisotopic (exact) mass is 422 g/mol. The minimum absolute atomic E-state index is 0.142. The molecule has 0 radical (unpaired) electrons. The Morgan fingerprint density at radius 1 is 1.10 bits per heavy atom. The molecule has 166 valence electrons. The maximum Gasteiger partial charge on any atom is 0.132 e. The van der Waals surface area contributed by atoms with Crippen LogP contribution in [-0.2, 0) is 11.2 Å². The van der Waals surface area contributed by atoms with E-state index in [1.165, 1.54) is 24.1 Å². The standard InChI is InChI=1S/C24H34N6O/c1-17-26-20(14-23(27-17)29-12-10-28(2)11-13-29)19-15-30(16-22(19)31-3)21-8-4-6-18-7-5-9-25-24(18)21/h5,7,9,14,19,21-22H,4,6,8,10-13,15-16H2,1-3H3/t19?,21-,22+/m1/s1. The van der Waals surface area contributed by atoms with Crippen LogP contribution in [0.3, 0.4) is 0 Å². The van der Waals surface area contributed by atoms with Gasteiger partial charge in [-0.05, 0) is 44.9 Å². The largest absolute Gasteiger partial charge is 0.379 e. The van der Waals surface area contributed by atoms with Crippen LogP contribution in [0, 0.1) is 6.92 Å². The number of fused-ring (bicyclic) bond motifs is 1. The molecule has 1 aliphatic carbocycles. The molecule has 31 heavy (non-hydrogen) atoms. The summed E-state index contributed by atoms with van der Waals surface area (Å²) in [7, 11) is 4.02. The van der Waals surface area contributed by atoms with Crippen molar-refractivity contribution in [1.29, 1.82) is 0 Å². The second kappa shape index (κ2) is 8.81. The first-order valence-electron chi connectivity index (χ1n) is 11.6. The van der Waals surface area contributed by atoms with E-state index >= 15 is 0 Å². The fraction of sp³-hybridized carbons (Fsp3) is 0.625. The molecule has 0 spiro atoms. The van der Waals surface area contributed by atoms with Crippen LogP contribution in [0.2, 0.25) is 0 Å². The maximum atomic E-state index is 5.98. The van der Waals surface area contributed by atoms with Gasteiger partial charge in [0.25, 0.3) is 0 Å². The SMILES string of the molecule is CO[C@H]1CN([C@@H]2CCCc3cccnc32)CC1c1cc(N2CCN(C)CC2)nc(C)n1. The van der Waals surface area contributed by atoms with Crippen molar-refractivity contribution in [1.82, 2.24) is 24.8 Å². The molecule has 2 fully saturated rings. The van der Waals surface area contributed by atoms with Gasteiger partial charge in [-0.15, -0.1) is 0 Å². The van der Waals surface area contributed by atoms with E-state index in [0.29, 0.717) is 6.04 Å². The highest BCUT2D eigenvalue weighted by atomic mass is 16.5. The van der Waals surface area contributed by atoms with Crippen molar-refractivity contribution >= 4 is 5.82 Å². The summed E-state index contributed by atoms with van der Waals surface area (Å²) in [6.07, 6.45) is 5.62. The van der Waals surface area contributed by atoms with Crippen LogP contribution in [0.1, 0.15) is 47.6 Å². The maximum absolute atomic E-state index is 5.98. The number of piperazine rings is 1. The fourth-order valence-corrected chi connectivity index (χ4v) is 5.48. The van der Waals surface area contributed by atoms with Gasteiger partial charge in [0.15, 0.2) is 0 Å². The quantitative estimate of drug-likeness (QED) is 0.750. The average molecular weight is 423 g/mol. The van der Waals surface area contributed by atoms with Gasteiger partial charge < -0.3 is 14.5 Å². The number of methoxy groups -OCH3 is 1. The molecule has 3 atom stereocenters. The van der Waals surface area contributed by atoms with E-state index in [2.05, 4.69) is 39.9 Å². The molecule has 2 saturated heterocycles. The number of hydrogen-bond donors (Lipinski definition) is 0. The summed E-state index contributed by atoms with van der Waals surface area (Å²) in [6, 6.07) is 6.90. The number of likely N-dealkylation sites (tertiary alicyclic amines) is 1. The summed E-state index contributed by atoms with van der Waals surface area (Å²) in [5.74, 6) is 2.17. The van der Waals surface area contributed by atoms with Crippen LogP contribution in [0.15, 0.2) is 24.4 Å². The number of likely N-dealkylation sites (N-methyl/N-ethyl adjacent to an activating group) is 1. The third-order valence-electron chi connectivity index (χ3n) is 7.25. The molecule has 4 heterocycles. The molecular weight excluding hydrogens is 388 g/mol. The van der Waals surface area contributed by atoms with E-state index in [9.17, 15) is 0 Å². The predicted molar refractivity (Wildman–Crippen MR) is 122 cm³/mol. The highest BCUT2D eigenvalue weighted by molar-refractivity contribution is 5.42. The number of hydrogen-bond acceptors (Lipinski definition) is 7. The Balaban J connectivity index is 1.39. The molecular formula is C24H34N6O. The molecule has 2 aromatic heterocycles. The van der Waals surface area contributed by atoms with Crippen molar-refractivity contribution < 1.29 is 4.74 Å². The lowest BCUT2D eigenvalue weighted by Crippen LogP contribution is -2.45. The van der Waals surface area contributed by atoms with Crippen molar-refractivity contribution in [2.75, 3.05) is 58.3 Å². The van der Waals surface area contributed by atoms with Gasteiger partial charge in [0.1, 0.15) is 11.6 Å². The number of pyridine rings is 1. The molecule has 0 N–H and O–H groups in total. The Morgan fingerprint density at radius 2 is 1.94 bits per heavy atom. The molecule has 5 rings (SSSR count). The number of aromatic nitrogens is 3. The molecule has 0 amide bonds. The summed E-state index contributed by atoms with van der Waals surface area (Å²) in [5, 5.41) is 0. The first-order valence-corrected chi connectivity index (χ1v) is 11.6. The Morgan fingerprint density at radius 3 is 2.74 bits per heavy atom. The molecule has 0 bridgehead atoms. The van der Waals surface area contributed by atoms with Crippen LogP contribution in [0.25, 0.3) is 0 Å². The van der Waals surface area contributed by atoms with Crippen molar-refractivity contribution in [3.63, 3.8) is 0 Å². The van der Waals surface area contributed by atoms with Gasteiger partial charge in [0.2, 0.25) is 0 Å². The molecule has 1 unspecified atom stereocenters. The highest BCUT2D eigenvalue weighted by Crippen LogP contribution is 2.39. The third kappa shape index (κ3) is 4.19. The Bertz CT molecular complexity index is 913. The minimum Gasteiger partial charge on any atom is -0.379 e. The normalized spacial score (nSPS) is 27.5. The van der Waals surface area contributed by atoms with Gasteiger partial charge in [0.05, 0.1) is 23.5 Å². The van der Waals surface area contributed by atoms with Crippen LogP contribution >= 0.6 is 0 Å². The van der Waals surface area contributed by atoms with Crippen molar-refractivity contribution in [2.45, 2.75) is 44.2 Å². The van der Waals surface area contributed by atoms with E-state index in [4.69, 9.17) is 19.7 Å². The number of anilines is 1. The van der Waals surface area contributed by atoms with Crippen LogP contribution in [-0.4, -0.2) is 84.3 Å². The number of ether oxygens (including phenoxy) is 1. The molecule has 7 heteroatoms. The molecule has 2 aliphatic heterocycles. The summed E-state index contributed by atoms with van der Waals surface area (Å²) >= 11 is 0. The highest BCUT2D eigenvalue weighted by Gasteiger charge is 2.40. The second-order valence-electron chi connectivity index (χ2n) is 9.28. The van der Waals surface area contributed by atoms with Crippen molar-refractivity contribution in [3.8, 4) is 0 Å². The average Bonchev–Trinajstić information content (AvgIpc) is 3.23. The zero-order valence-electron chi connectivity index (χ0n) is 19.0. The summed E-state index contributed by atoms with van der Waals surface area (Å²) in [5.41, 5.74) is 3.79. The van der Waals surface area contributed by atoms with Gasteiger partial charge in [-0.1, -0.05) is 6.07 Å². The third-order valence-corrected chi connectivity index (χ3v) is 7.25. The first kappa shape index (κ1) is 20.8. The lowest BCUT2D eigenvalue weighted by atomic mass is 9.91. The second-order valence-corrected chi connectivity index (χ2v) is 9.28. The van der Waals surface area contributed by atoms with Crippen molar-refractivity contribution in [3.05, 3.63) is 47.2 Å². The Hall–Kier alpha value is -2.09. The van der Waals surface area contributed by atoms with Gasteiger partial charge in [-0.2, -0.15) is 0 Å². The van der Waals surface area contributed by atoms with E-state index in [1.54, 1.807) is 0 Å².